The summed E-state index contributed by atoms with van der Waals surface area (Å²) in [5, 5.41) is 14.0. The van der Waals surface area contributed by atoms with Gasteiger partial charge in [0.25, 0.3) is 0 Å². The molecule has 2 amide bonds. The number of rotatable bonds is 5. The van der Waals surface area contributed by atoms with Crippen LogP contribution in [0.2, 0.25) is 0 Å². The molecule has 0 aromatic heterocycles. The molecule has 1 rings (SSSR count). The van der Waals surface area contributed by atoms with Crippen LogP contribution in [0.3, 0.4) is 0 Å². The monoisotopic (exact) mass is 242 g/mol. The smallest absolute Gasteiger partial charge is 0.326 e. The minimum Gasteiger partial charge on any atom is -0.480 e. The van der Waals surface area contributed by atoms with Gasteiger partial charge in [-0.2, -0.15) is 0 Å². The molecule has 6 heteroatoms. The zero-order chi connectivity index (χ0) is 12.9. The van der Waals surface area contributed by atoms with Crippen molar-refractivity contribution in [3.8, 4) is 0 Å². The van der Waals surface area contributed by atoms with Gasteiger partial charge in [-0.3, -0.25) is 0 Å². The van der Waals surface area contributed by atoms with Crippen molar-refractivity contribution in [2.75, 3.05) is 13.2 Å². The molecule has 0 spiro atoms. The molecular weight excluding hydrogens is 224 g/mol. The van der Waals surface area contributed by atoms with Gasteiger partial charge in [-0.05, 0) is 19.8 Å². The summed E-state index contributed by atoms with van der Waals surface area (Å²) in [6, 6.07) is -1.44. The Kier molecular flexibility index (Phi) is 4.51. The number of carboxylic acids is 1. The highest BCUT2D eigenvalue weighted by atomic mass is 16.5. The van der Waals surface area contributed by atoms with E-state index in [-0.39, 0.29) is 6.42 Å². The van der Waals surface area contributed by atoms with Crippen LogP contribution >= 0.6 is 0 Å². The Morgan fingerprint density at radius 3 is 2.82 bits per heavy atom. The topological polar surface area (TPSA) is 87.7 Å². The zero-order valence-electron chi connectivity index (χ0n) is 9.86. The second-order valence-corrected chi connectivity index (χ2v) is 4.38. The number of ether oxygens (including phenoxy) is 1. The molecule has 0 aliphatic carbocycles. The van der Waals surface area contributed by atoms with Gasteiger partial charge in [0.15, 0.2) is 0 Å². The van der Waals surface area contributed by atoms with E-state index in [9.17, 15) is 9.59 Å². The molecule has 17 heavy (non-hydrogen) atoms. The molecule has 6 nitrogen and oxygen atoms in total. The van der Waals surface area contributed by atoms with Crippen molar-refractivity contribution in [2.24, 2.45) is 0 Å². The Balaban J connectivity index is 2.47. The van der Waals surface area contributed by atoms with E-state index >= 15 is 0 Å². The van der Waals surface area contributed by atoms with Crippen molar-refractivity contribution < 1.29 is 19.4 Å². The number of carboxylic acid groups (broad SMARTS) is 1. The molecule has 0 saturated carbocycles. The Bertz CT molecular complexity index is 311. The van der Waals surface area contributed by atoms with E-state index in [0.29, 0.717) is 13.2 Å². The molecule has 1 fully saturated rings. The van der Waals surface area contributed by atoms with E-state index in [2.05, 4.69) is 17.2 Å². The number of urea groups is 1. The average Bonchev–Trinajstić information content (AvgIpc) is 2.63. The second kappa shape index (κ2) is 5.67. The number of carbonyl (C=O) groups excluding carboxylic acids is 1. The number of nitrogens with one attached hydrogen (secondary N) is 2. The highest BCUT2D eigenvalue weighted by Gasteiger charge is 2.32. The van der Waals surface area contributed by atoms with Crippen molar-refractivity contribution in [1.29, 1.82) is 0 Å². The van der Waals surface area contributed by atoms with Gasteiger partial charge in [-0.1, -0.05) is 6.08 Å². The first kappa shape index (κ1) is 13.5. The lowest BCUT2D eigenvalue weighted by molar-refractivity contribution is -0.139. The molecule has 0 bridgehead atoms. The second-order valence-electron chi connectivity index (χ2n) is 4.38. The standard InChI is InChI=1S/C11H18N2O4/c1-3-4-8(9(14)15)12-10(16)13-11(2)5-6-17-7-11/h3,8H,1,4-7H2,2H3,(H,14,15)(H2,12,13,16). The van der Waals surface area contributed by atoms with E-state index in [1.54, 1.807) is 0 Å². The molecule has 3 N–H and O–H groups in total. The van der Waals surface area contributed by atoms with Crippen LogP contribution < -0.4 is 10.6 Å². The first-order valence-electron chi connectivity index (χ1n) is 5.47. The lowest BCUT2D eigenvalue weighted by atomic mass is 10.0. The lowest BCUT2D eigenvalue weighted by Gasteiger charge is -2.24. The van der Waals surface area contributed by atoms with Gasteiger partial charge in [-0.15, -0.1) is 6.58 Å². The Morgan fingerprint density at radius 1 is 1.65 bits per heavy atom. The van der Waals surface area contributed by atoms with Gasteiger partial charge in [-0.25, -0.2) is 9.59 Å². The van der Waals surface area contributed by atoms with Crippen molar-refractivity contribution in [3.05, 3.63) is 12.7 Å². The molecule has 96 valence electrons. The summed E-state index contributed by atoms with van der Waals surface area (Å²) >= 11 is 0. The summed E-state index contributed by atoms with van der Waals surface area (Å²) < 4.78 is 5.19. The molecule has 1 heterocycles. The Labute approximate surface area is 100 Å². The summed E-state index contributed by atoms with van der Waals surface area (Å²) in [6.45, 7) is 6.36. The highest BCUT2D eigenvalue weighted by molar-refractivity contribution is 5.83. The third-order valence-electron chi connectivity index (χ3n) is 2.64. The molecule has 1 aliphatic heterocycles. The van der Waals surface area contributed by atoms with Crippen LogP contribution in [0, 0.1) is 0 Å². The maximum atomic E-state index is 11.6. The first-order valence-corrected chi connectivity index (χ1v) is 5.47. The summed E-state index contributed by atoms with van der Waals surface area (Å²) in [5.41, 5.74) is -0.415. The van der Waals surface area contributed by atoms with Gasteiger partial charge >= 0.3 is 12.0 Å². The van der Waals surface area contributed by atoms with E-state index in [4.69, 9.17) is 9.84 Å². The van der Waals surface area contributed by atoms with Crippen LogP contribution in [0.4, 0.5) is 4.79 Å². The zero-order valence-corrected chi connectivity index (χ0v) is 9.86. The number of hydrogen-bond donors (Lipinski definition) is 3. The molecule has 1 aliphatic rings. The fourth-order valence-electron chi connectivity index (χ4n) is 1.62. The van der Waals surface area contributed by atoms with Gasteiger partial charge in [0.1, 0.15) is 6.04 Å². The van der Waals surface area contributed by atoms with Crippen molar-refractivity contribution >= 4 is 12.0 Å². The fourth-order valence-corrected chi connectivity index (χ4v) is 1.62. The van der Waals surface area contributed by atoms with Crippen LogP contribution in [0.15, 0.2) is 12.7 Å². The number of hydrogen-bond acceptors (Lipinski definition) is 3. The van der Waals surface area contributed by atoms with Crippen LogP contribution in [-0.4, -0.2) is 41.9 Å². The highest BCUT2D eigenvalue weighted by Crippen LogP contribution is 2.17. The molecular formula is C11H18N2O4. The Morgan fingerprint density at radius 2 is 2.35 bits per heavy atom. The van der Waals surface area contributed by atoms with Gasteiger partial charge in [0, 0.05) is 6.61 Å². The molecule has 2 atom stereocenters. The SMILES string of the molecule is C=CCC(NC(=O)NC1(C)CCOC1)C(=O)O. The third kappa shape index (κ3) is 4.07. The number of carbonyl (C=O) groups is 2. The summed E-state index contributed by atoms with van der Waals surface area (Å²) in [7, 11) is 0. The fraction of sp³-hybridized carbons (Fsp3) is 0.636. The van der Waals surface area contributed by atoms with E-state index in [1.165, 1.54) is 6.08 Å². The lowest BCUT2D eigenvalue weighted by Crippen LogP contribution is -2.54. The summed E-state index contributed by atoms with van der Waals surface area (Å²) in [6.07, 6.45) is 2.37. The largest absolute Gasteiger partial charge is 0.480 e. The van der Waals surface area contributed by atoms with Crippen LogP contribution in [-0.2, 0) is 9.53 Å². The molecule has 0 aromatic rings. The predicted octanol–water partition coefficient (Wildman–Crippen LogP) is 0.494. The number of aliphatic carboxylic acids is 1. The van der Waals surface area contributed by atoms with Crippen molar-refractivity contribution in [1.82, 2.24) is 10.6 Å². The van der Waals surface area contributed by atoms with Gasteiger partial charge in [0.2, 0.25) is 0 Å². The summed E-state index contributed by atoms with van der Waals surface area (Å²) in [4.78, 5) is 22.4. The minimum absolute atomic E-state index is 0.190. The van der Waals surface area contributed by atoms with Crippen LogP contribution in [0.25, 0.3) is 0 Å². The van der Waals surface area contributed by atoms with Crippen LogP contribution in [0.1, 0.15) is 19.8 Å². The quantitative estimate of drug-likeness (QED) is 0.612. The number of amides is 2. The Hall–Kier alpha value is -1.56. The van der Waals surface area contributed by atoms with Crippen molar-refractivity contribution in [3.63, 3.8) is 0 Å². The maximum Gasteiger partial charge on any atom is 0.326 e. The van der Waals surface area contributed by atoms with Gasteiger partial charge < -0.3 is 20.5 Å². The van der Waals surface area contributed by atoms with E-state index in [0.717, 1.165) is 6.42 Å². The van der Waals surface area contributed by atoms with Crippen LogP contribution in [0.5, 0.6) is 0 Å². The minimum atomic E-state index is -1.08. The third-order valence-corrected chi connectivity index (χ3v) is 2.64. The normalized spacial score (nSPS) is 25.0. The maximum absolute atomic E-state index is 11.6. The summed E-state index contributed by atoms with van der Waals surface area (Å²) in [5.74, 6) is -1.08. The molecule has 0 aromatic carbocycles. The molecule has 0 radical (unpaired) electrons. The average molecular weight is 242 g/mol. The first-order chi connectivity index (χ1) is 7.97. The molecule has 2 unspecified atom stereocenters. The predicted molar refractivity (Wildman–Crippen MR) is 61.7 cm³/mol. The van der Waals surface area contributed by atoms with Crippen molar-refractivity contribution in [2.45, 2.75) is 31.3 Å². The molecule has 1 saturated heterocycles. The van der Waals surface area contributed by atoms with Gasteiger partial charge in [0.05, 0.1) is 12.1 Å². The van der Waals surface area contributed by atoms with E-state index < -0.39 is 23.6 Å². The van der Waals surface area contributed by atoms with E-state index in [1.807, 2.05) is 6.92 Å².